The average Bonchev–Trinajstić information content (AvgIpc) is 1.59. The summed E-state index contributed by atoms with van der Waals surface area (Å²) in [6.45, 7) is 1.10. The van der Waals surface area contributed by atoms with Crippen molar-refractivity contribution in [3.05, 3.63) is 0 Å². The Morgan fingerprint density at radius 1 is 1.67 bits per heavy atom. The van der Waals surface area contributed by atoms with E-state index in [0.717, 1.165) is 6.92 Å². The zero-order chi connectivity index (χ0) is 7.49. The van der Waals surface area contributed by atoms with Crippen LogP contribution in [0, 0.1) is 0 Å². The molecule has 0 aromatic rings. The topological polar surface area (TPSA) is 60.4 Å². The Balaban J connectivity index is 3.67. The van der Waals surface area contributed by atoms with Crippen LogP contribution in [-0.4, -0.2) is 20.3 Å². The van der Waals surface area contributed by atoms with Crippen LogP contribution in [0.2, 0.25) is 0 Å². The highest BCUT2D eigenvalue weighted by Crippen LogP contribution is 1.95. The standard InChI is InChI=1S/C3H5ClO4S/c1-3(5)8-2-9(4,6)7/h2H2,1H3. The predicted octanol–water partition coefficient (Wildman–Crippen LogP) is 0.0756. The van der Waals surface area contributed by atoms with Gasteiger partial charge in [-0.15, -0.1) is 0 Å². The zero-order valence-electron chi connectivity index (χ0n) is 4.63. The van der Waals surface area contributed by atoms with Crippen LogP contribution in [0.25, 0.3) is 0 Å². The van der Waals surface area contributed by atoms with E-state index >= 15 is 0 Å². The van der Waals surface area contributed by atoms with Crippen molar-refractivity contribution in [3.8, 4) is 0 Å². The summed E-state index contributed by atoms with van der Waals surface area (Å²) in [6.07, 6.45) is 0. The maximum atomic E-state index is 10.0. The quantitative estimate of drug-likeness (QED) is 0.437. The van der Waals surface area contributed by atoms with Crippen molar-refractivity contribution in [2.75, 3.05) is 5.94 Å². The number of rotatable bonds is 2. The molecule has 0 saturated heterocycles. The van der Waals surface area contributed by atoms with E-state index in [4.69, 9.17) is 0 Å². The Labute approximate surface area is 57.2 Å². The third-order valence-corrected chi connectivity index (χ3v) is 1.07. The summed E-state index contributed by atoms with van der Waals surface area (Å²) in [5, 5.41) is 0. The number of hydrogen-bond acceptors (Lipinski definition) is 4. The van der Waals surface area contributed by atoms with Gasteiger partial charge in [0.1, 0.15) is 0 Å². The molecule has 0 heterocycles. The molecule has 6 heteroatoms. The maximum absolute atomic E-state index is 10.0. The Bertz CT molecular complexity index is 194. The molecule has 0 bridgehead atoms. The van der Waals surface area contributed by atoms with Crippen LogP contribution in [0.1, 0.15) is 6.92 Å². The molecule has 0 rings (SSSR count). The number of carbonyl (C=O) groups is 1. The molecule has 0 aromatic heterocycles. The van der Waals surface area contributed by atoms with Crippen molar-refractivity contribution in [2.24, 2.45) is 0 Å². The van der Waals surface area contributed by atoms with Crippen LogP contribution in [0.4, 0.5) is 0 Å². The lowest BCUT2D eigenvalue weighted by Crippen LogP contribution is -2.06. The van der Waals surface area contributed by atoms with Gasteiger partial charge in [-0.2, -0.15) is 0 Å². The Morgan fingerprint density at radius 2 is 2.11 bits per heavy atom. The van der Waals surface area contributed by atoms with Gasteiger partial charge >= 0.3 is 5.97 Å². The summed E-state index contributed by atoms with van der Waals surface area (Å²) in [5.74, 6) is -1.43. The van der Waals surface area contributed by atoms with Crippen molar-refractivity contribution in [1.82, 2.24) is 0 Å². The first-order valence-corrected chi connectivity index (χ1v) is 4.45. The van der Waals surface area contributed by atoms with E-state index in [1.807, 2.05) is 0 Å². The highest BCUT2D eigenvalue weighted by Gasteiger charge is 2.05. The lowest BCUT2D eigenvalue weighted by Gasteiger charge is -1.94. The van der Waals surface area contributed by atoms with Gasteiger partial charge in [0.05, 0.1) is 0 Å². The fourth-order valence-electron chi connectivity index (χ4n) is 0.153. The van der Waals surface area contributed by atoms with Gasteiger partial charge in [0, 0.05) is 17.6 Å². The van der Waals surface area contributed by atoms with Gasteiger partial charge in [-0.1, -0.05) is 0 Å². The van der Waals surface area contributed by atoms with Crippen LogP contribution in [0.5, 0.6) is 0 Å². The molecule has 0 N–H and O–H groups in total. The SMILES string of the molecule is CC(=O)OCS(=O)(=O)Cl. The minimum atomic E-state index is -3.69. The monoisotopic (exact) mass is 172 g/mol. The molecule has 0 amide bonds. The van der Waals surface area contributed by atoms with Crippen LogP contribution in [0.3, 0.4) is 0 Å². The second-order valence-corrected chi connectivity index (χ2v) is 4.02. The Hall–Kier alpha value is -0.290. The van der Waals surface area contributed by atoms with Crippen LogP contribution in [0.15, 0.2) is 0 Å². The average molecular weight is 173 g/mol. The largest absolute Gasteiger partial charge is 0.448 e. The number of hydrogen-bond donors (Lipinski definition) is 0. The summed E-state index contributed by atoms with van der Waals surface area (Å²) in [5.41, 5.74) is 0. The van der Waals surface area contributed by atoms with E-state index in [2.05, 4.69) is 15.4 Å². The molecule has 54 valence electrons. The van der Waals surface area contributed by atoms with Crippen molar-refractivity contribution in [1.29, 1.82) is 0 Å². The molecule has 0 aliphatic heterocycles. The lowest BCUT2D eigenvalue weighted by molar-refractivity contribution is -0.138. The van der Waals surface area contributed by atoms with Gasteiger partial charge in [0.2, 0.25) is 5.94 Å². The molecule has 0 saturated carbocycles. The predicted molar refractivity (Wildman–Crippen MR) is 31.4 cm³/mol. The normalized spacial score (nSPS) is 10.9. The van der Waals surface area contributed by atoms with Crippen LogP contribution < -0.4 is 0 Å². The fourth-order valence-corrected chi connectivity index (χ4v) is 0.594. The highest BCUT2D eigenvalue weighted by atomic mass is 35.7. The smallest absolute Gasteiger partial charge is 0.303 e. The molecule has 9 heavy (non-hydrogen) atoms. The number of carbonyl (C=O) groups excluding carboxylic acids is 1. The van der Waals surface area contributed by atoms with Gasteiger partial charge in [-0.3, -0.25) is 4.79 Å². The molecule has 4 nitrogen and oxygen atoms in total. The van der Waals surface area contributed by atoms with E-state index in [9.17, 15) is 13.2 Å². The van der Waals surface area contributed by atoms with Crippen molar-refractivity contribution >= 4 is 25.7 Å². The van der Waals surface area contributed by atoms with E-state index in [1.54, 1.807) is 0 Å². The number of ether oxygens (including phenoxy) is 1. The summed E-state index contributed by atoms with van der Waals surface area (Å²) in [4.78, 5) is 9.95. The van der Waals surface area contributed by atoms with Crippen molar-refractivity contribution in [3.63, 3.8) is 0 Å². The minimum absolute atomic E-state index is 0.667. The van der Waals surface area contributed by atoms with Crippen LogP contribution in [-0.2, 0) is 18.6 Å². The second kappa shape index (κ2) is 3.03. The van der Waals surface area contributed by atoms with Gasteiger partial charge in [-0.25, -0.2) is 8.42 Å². The molecule has 0 aliphatic carbocycles. The molecule has 0 aliphatic rings. The second-order valence-electron chi connectivity index (χ2n) is 1.29. The van der Waals surface area contributed by atoms with Crippen molar-refractivity contribution < 1.29 is 17.9 Å². The molecule has 0 radical (unpaired) electrons. The van der Waals surface area contributed by atoms with Gasteiger partial charge in [0.25, 0.3) is 9.05 Å². The molecule has 0 fully saturated rings. The van der Waals surface area contributed by atoms with Gasteiger partial charge in [-0.05, 0) is 0 Å². The molecule has 0 unspecified atom stereocenters. The third kappa shape index (κ3) is 7.71. The van der Waals surface area contributed by atoms with Gasteiger partial charge in [0.15, 0.2) is 0 Å². The van der Waals surface area contributed by atoms with E-state index in [-0.39, 0.29) is 0 Å². The summed E-state index contributed by atoms with van der Waals surface area (Å²) < 4.78 is 24.1. The Kier molecular flexibility index (Phi) is 2.93. The van der Waals surface area contributed by atoms with Crippen LogP contribution >= 0.6 is 10.7 Å². The van der Waals surface area contributed by atoms with Crippen molar-refractivity contribution in [2.45, 2.75) is 6.92 Å². The maximum Gasteiger partial charge on any atom is 0.303 e. The first kappa shape index (κ1) is 8.71. The first-order chi connectivity index (χ1) is 3.92. The zero-order valence-corrected chi connectivity index (χ0v) is 6.20. The van der Waals surface area contributed by atoms with E-state index < -0.39 is 21.0 Å². The van der Waals surface area contributed by atoms with E-state index in [0.29, 0.717) is 0 Å². The number of halogens is 1. The Morgan fingerprint density at radius 3 is 2.22 bits per heavy atom. The molecule has 0 aromatic carbocycles. The number of esters is 1. The summed E-state index contributed by atoms with van der Waals surface area (Å²) in [6, 6.07) is 0. The molecular weight excluding hydrogens is 168 g/mol. The van der Waals surface area contributed by atoms with Gasteiger partial charge < -0.3 is 4.74 Å². The van der Waals surface area contributed by atoms with E-state index in [1.165, 1.54) is 0 Å². The fraction of sp³-hybridized carbons (Fsp3) is 0.667. The summed E-state index contributed by atoms with van der Waals surface area (Å²) in [7, 11) is 0.982. The molecular formula is C3H5ClO4S. The highest BCUT2D eigenvalue weighted by molar-refractivity contribution is 8.13. The summed E-state index contributed by atoms with van der Waals surface area (Å²) >= 11 is 0. The third-order valence-electron chi connectivity index (χ3n) is 0.403. The minimum Gasteiger partial charge on any atom is -0.448 e. The molecule has 0 spiro atoms. The first-order valence-electron chi connectivity index (χ1n) is 1.97. The lowest BCUT2D eigenvalue weighted by atomic mass is 10.8. The molecule has 0 atom stereocenters.